The zero-order valence-corrected chi connectivity index (χ0v) is 17.0. The summed E-state index contributed by atoms with van der Waals surface area (Å²) in [6.45, 7) is 0. The van der Waals surface area contributed by atoms with Crippen molar-refractivity contribution in [3.05, 3.63) is 68.7 Å². The molecule has 0 saturated heterocycles. The number of hydrogen-bond acceptors (Lipinski definition) is 4. The number of fused-ring (bicyclic) bond motifs is 1. The van der Waals surface area contributed by atoms with Gasteiger partial charge in [0, 0.05) is 23.0 Å². The lowest BCUT2D eigenvalue weighted by Crippen LogP contribution is -2.07. The van der Waals surface area contributed by atoms with E-state index >= 15 is 0 Å². The molecule has 0 saturated carbocycles. The molecule has 0 fully saturated rings. The van der Waals surface area contributed by atoms with E-state index in [-0.39, 0.29) is 5.75 Å². The number of aromatic nitrogens is 2. The number of halogens is 3. The molecule has 8 heteroatoms. The highest BCUT2D eigenvalue weighted by Crippen LogP contribution is 2.35. The van der Waals surface area contributed by atoms with Crippen molar-refractivity contribution in [1.82, 2.24) is 9.78 Å². The van der Waals surface area contributed by atoms with Gasteiger partial charge in [0.2, 0.25) is 0 Å². The molecule has 2 heterocycles. The molecule has 27 heavy (non-hydrogen) atoms. The number of hydrogen-bond donors (Lipinski definition) is 0. The summed E-state index contributed by atoms with van der Waals surface area (Å²) in [5.74, 6) is -0.664. The maximum absolute atomic E-state index is 13.2. The number of esters is 1. The average molecular weight is 466 g/mol. The Morgan fingerprint density at radius 1 is 1.22 bits per heavy atom. The van der Waals surface area contributed by atoms with Crippen molar-refractivity contribution in [2.24, 2.45) is 7.05 Å². The first-order valence-corrected chi connectivity index (χ1v) is 9.81. The standard InChI is InChI=1S/C19H11BrClFN2O2S/c1-24-18-13(17(23-24)10-2-4-11(21)5-3-10)9-16(27-18)19(25)26-15-7-6-12(22)8-14(15)20/h2-9H,1H3. The van der Waals surface area contributed by atoms with Crippen LogP contribution in [-0.4, -0.2) is 15.7 Å². The quantitative estimate of drug-likeness (QED) is 0.272. The van der Waals surface area contributed by atoms with Gasteiger partial charge in [0.15, 0.2) is 0 Å². The van der Waals surface area contributed by atoms with Gasteiger partial charge in [0.1, 0.15) is 27.0 Å². The fourth-order valence-corrected chi connectivity index (χ4v) is 4.18. The molecule has 0 atom stereocenters. The molecule has 4 rings (SSSR count). The Bertz CT molecular complexity index is 1170. The normalized spacial score (nSPS) is 11.1. The van der Waals surface area contributed by atoms with Crippen LogP contribution in [0, 0.1) is 5.82 Å². The van der Waals surface area contributed by atoms with Crippen LogP contribution < -0.4 is 4.74 Å². The predicted molar refractivity (Wildman–Crippen MR) is 108 cm³/mol. The first-order chi connectivity index (χ1) is 12.9. The van der Waals surface area contributed by atoms with Gasteiger partial charge in [0.25, 0.3) is 0 Å². The minimum Gasteiger partial charge on any atom is -0.421 e. The molecule has 136 valence electrons. The topological polar surface area (TPSA) is 44.1 Å². The molecule has 0 amide bonds. The summed E-state index contributed by atoms with van der Waals surface area (Å²) in [5.41, 5.74) is 1.67. The van der Waals surface area contributed by atoms with Crippen molar-refractivity contribution >= 4 is 55.1 Å². The molecule has 0 aliphatic carbocycles. The van der Waals surface area contributed by atoms with E-state index in [1.807, 2.05) is 19.2 Å². The Kier molecular flexibility index (Phi) is 4.75. The van der Waals surface area contributed by atoms with E-state index < -0.39 is 11.8 Å². The summed E-state index contributed by atoms with van der Waals surface area (Å²) in [7, 11) is 1.82. The van der Waals surface area contributed by atoms with E-state index in [0.29, 0.717) is 14.4 Å². The van der Waals surface area contributed by atoms with Crippen molar-refractivity contribution < 1.29 is 13.9 Å². The molecule has 0 bridgehead atoms. The van der Waals surface area contributed by atoms with Gasteiger partial charge < -0.3 is 4.74 Å². The molecule has 0 aliphatic heterocycles. The van der Waals surface area contributed by atoms with E-state index in [0.717, 1.165) is 21.5 Å². The van der Waals surface area contributed by atoms with E-state index in [1.54, 1.807) is 22.9 Å². The summed E-state index contributed by atoms with van der Waals surface area (Å²) in [6.07, 6.45) is 0. The van der Waals surface area contributed by atoms with Gasteiger partial charge >= 0.3 is 5.97 Å². The van der Waals surface area contributed by atoms with Crippen LogP contribution in [-0.2, 0) is 7.05 Å². The minimum absolute atomic E-state index is 0.259. The lowest BCUT2D eigenvalue weighted by Gasteiger charge is -2.05. The SMILES string of the molecule is Cn1nc(-c2ccc(Cl)cc2)c2cc(C(=O)Oc3ccc(F)cc3Br)sc21. The van der Waals surface area contributed by atoms with Gasteiger partial charge in [-0.3, -0.25) is 4.68 Å². The van der Waals surface area contributed by atoms with Gasteiger partial charge in [-0.2, -0.15) is 5.10 Å². The fraction of sp³-hybridized carbons (Fsp3) is 0.0526. The van der Waals surface area contributed by atoms with Gasteiger partial charge in [0.05, 0.1) is 4.47 Å². The van der Waals surface area contributed by atoms with Gasteiger partial charge in [-0.25, -0.2) is 9.18 Å². The zero-order valence-electron chi connectivity index (χ0n) is 13.9. The van der Waals surface area contributed by atoms with Crippen LogP contribution in [0.25, 0.3) is 21.5 Å². The van der Waals surface area contributed by atoms with Crippen molar-refractivity contribution in [3.8, 4) is 17.0 Å². The summed E-state index contributed by atoms with van der Waals surface area (Å²) in [6, 6.07) is 13.0. The number of aryl methyl sites for hydroxylation is 1. The molecule has 4 nitrogen and oxygen atoms in total. The number of benzene rings is 2. The second-order valence-electron chi connectivity index (χ2n) is 5.77. The highest BCUT2D eigenvalue weighted by Gasteiger charge is 2.20. The second kappa shape index (κ2) is 7.07. The molecule has 0 aliphatic rings. The summed E-state index contributed by atoms with van der Waals surface area (Å²) in [4.78, 5) is 13.8. The molecular formula is C19H11BrClFN2O2S. The van der Waals surface area contributed by atoms with Crippen LogP contribution >= 0.6 is 38.9 Å². The first-order valence-electron chi connectivity index (χ1n) is 7.82. The predicted octanol–water partition coefficient (Wildman–Crippen LogP) is 6.08. The van der Waals surface area contributed by atoms with Gasteiger partial charge in [-0.15, -0.1) is 11.3 Å². The van der Waals surface area contributed by atoms with Crippen LogP contribution in [0.4, 0.5) is 4.39 Å². The van der Waals surface area contributed by atoms with E-state index in [1.165, 1.54) is 29.5 Å². The van der Waals surface area contributed by atoms with Gasteiger partial charge in [-0.1, -0.05) is 23.7 Å². The third-order valence-corrected chi connectivity index (χ3v) is 5.98. The Balaban J connectivity index is 1.70. The van der Waals surface area contributed by atoms with Crippen LogP contribution in [0.2, 0.25) is 5.02 Å². The minimum atomic E-state index is -0.509. The third-order valence-electron chi connectivity index (χ3n) is 3.93. The van der Waals surface area contributed by atoms with Crippen molar-refractivity contribution in [3.63, 3.8) is 0 Å². The van der Waals surface area contributed by atoms with Crippen molar-refractivity contribution in [2.75, 3.05) is 0 Å². The summed E-state index contributed by atoms with van der Waals surface area (Å²) >= 11 is 10.4. The molecule has 2 aromatic heterocycles. The van der Waals surface area contributed by atoms with Crippen LogP contribution in [0.1, 0.15) is 9.67 Å². The molecule has 0 spiro atoms. The Labute approximate surface area is 171 Å². The van der Waals surface area contributed by atoms with Crippen LogP contribution in [0.5, 0.6) is 5.75 Å². The lowest BCUT2D eigenvalue weighted by molar-refractivity contribution is 0.0738. The summed E-state index contributed by atoms with van der Waals surface area (Å²) in [5, 5.41) is 6.04. The average Bonchev–Trinajstić information content (AvgIpc) is 3.19. The lowest BCUT2D eigenvalue weighted by atomic mass is 10.1. The maximum atomic E-state index is 13.2. The maximum Gasteiger partial charge on any atom is 0.353 e. The molecule has 0 radical (unpaired) electrons. The van der Waals surface area contributed by atoms with Crippen molar-refractivity contribution in [2.45, 2.75) is 0 Å². The number of nitrogens with zero attached hydrogens (tertiary/aromatic N) is 2. The van der Waals surface area contributed by atoms with Crippen LogP contribution in [0.15, 0.2) is 53.0 Å². The van der Waals surface area contributed by atoms with Crippen LogP contribution in [0.3, 0.4) is 0 Å². The van der Waals surface area contributed by atoms with Gasteiger partial charge in [-0.05, 0) is 52.3 Å². The Morgan fingerprint density at radius 2 is 1.96 bits per heavy atom. The first kappa shape index (κ1) is 18.2. The highest BCUT2D eigenvalue weighted by atomic mass is 79.9. The smallest absolute Gasteiger partial charge is 0.353 e. The second-order valence-corrected chi connectivity index (χ2v) is 8.09. The molecular weight excluding hydrogens is 455 g/mol. The Hall–Kier alpha value is -2.22. The Morgan fingerprint density at radius 3 is 2.67 bits per heavy atom. The van der Waals surface area contributed by atoms with Crippen molar-refractivity contribution in [1.29, 1.82) is 0 Å². The summed E-state index contributed by atoms with van der Waals surface area (Å²) < 4.78 is 20.7. The highest BCUT2D eigenvalue weighted by molar-refractivity contribution is 9.10. The number of carbonyl (C=O) groups is 1. The number of carbonyl (C=O) groups excluding carboxylic acids is 1. The molecule has 2 aromatic carbocycles. The number of rotatable bonds is 3. The van der Waals surface area contributed by atoms with E-state index in [9.17, 15) is 9.18 Å². The molecule has 0 N–H and O–H groups in total. The molecule has 0 unspecified atom stereocenters. The zero-order chi connectivity index (χ0) is 19.1. The largest absolute Gasteiger partial charge is 0.421 e. The third kappa shape index (κ3) is 3.50. The monoisotopic (exact) mass is 464 g/mol. The number of ether oxygens (including phenoxy) is 1. The molecule has 4 aromatic rings. The fourth-order valence-electron chi connectivity index (χ4n) is 2.67. The number of thiophene rings is 1. The van der Waals surface area contributed by atoms with E-state index in [2.05, 4.69) is 21.0 Å². The van der Waals surface area contributed by atoms with E-state index in [4.69, 9.17) is 16.3 Å².